The van der Waals surface area contributed by atoms with Crippen molar-refractivity contribution in [3.63, 3.8) is 0 Å². The maximum atomic E-state index is 9.49. The predicted octanol–water partition coefficient (Wildman–Crippen LogP) is -11.7. The molecule has 0 fully saturated rings. The Labute approximate surface area is 214 Å². The van der Waals surface area contributed by atoms with Crippen LogP contribution < -0.4 is 71.9 Å². The number of hydrogen-bond donors (Lipinski definition) is 3. The third-order valence-electron chi connectivity index (χ3n) is 2.80. The minimum absolute atomic E-state index is 0. The maximum absolute atomic E-state index is 9.49. The first-order chi connectivity index (χ1) is 12.2. The molecule has 158 valence electrons. The van der Waals surface area contributed by atoms with Gasteiger partial charge in [0.2, 0.25) is 0 Å². The molecule has 0 aromatic heterocycles. The zero-order valence-corrected chi connectivity index (χ0v) is 19.2. The number of aliphatic hydroxyl groups is 3. The maximum Gasteiger partial charge on any atom is 1.00 e. The number of aliphatic hydroxyl groups excluding tert-OH is 3. The summed E-state index contributed by atoms with van der Waals surface area (Å²) in [6.45, 7) is 14.8. The van der Waals surface area contributed by atoms with Gasteiger partial charge in [-0.15, -0.1) is 0 Å². The zero-order chi connectivity index (χ0) is 22.8. The topological polar surface area (TPSA) is 181 Å². The van der Waals surface area contributed by atoms with Crippen LogP contribution in [0.1, 0.15) is 34.1 Å². The van der Waals surface area contributed by atoms with Crippen molar-refractivity contribution in [1.82, 2.24) is 0 Å². The molecule has 9 nitrogen and oxygen atoms in total. The van der Waals surface area contributed by atoms with Gasteiger partial charge in [-0.2, -0.15) is 0 Å². The molecule has 0 rings (SSSR count). The molecule has 3 N–H and O–H groups in total. The fraction of sp³-hybridized carbons (Fsp3) is 0.500. The Morgan fingerprint density at radius 3 is 0.800 bits per heavy atom. The Morgan fingerprint density at radius 2 is 0.800 bits per heavy atom. The van der Waals surface area contributed by atoms with Crippen LogP contribution in [0.2, 0.25) is 0 Å². The van der Waals surface area contributed by atoms with Crippen LogP contribution >= 0.6 is 0 Å². The second-order valence-corrected chi connectivity index (χ2v) is 5.53. The molecule has 30 heavy (non-hydrogen) atoms. The van der Waals surface area contributed by atoms with E-state index in [-0.39, 0.29) is 93.1 Å². The van der Waals surface area contributed by atoms with Crippen LogP contribution in [0.4, 0.5) is 0 Å². The Morgan fingerprint density at radius 1 is 0.667 bits per heavy atom. The van der Waals surface area contributed by atoms with E-state index in [2.05, 4.69) is 19.7 Å². The smallest absolute Gasteiger partial charge is 0.545 e. The van der Waals surface area contributed by atoms with Crippen molar-refractivity contribution in [3.05, 3.63) is 36.5 Å². The minimum Gasteiger partial charge on any atom is -0.545 e. The van der Waals surface area contributed by atoms with Crippen LogP contribution in [-0.4, -0.2) is 53.0 Å². The van der Waals surface area contributed by atoms with Crippen molar-refractivity contribution >= 4 is 17.9 Å². The molecule has 0 bridgehead atoms. The molecule has 0 aliphatic heterocycles. The van der Waals surface area contributed by atoms with E-state index in [0.717, 1.165) is 0 Å². The summed E-state index contributed by atoms with van der Waals surface area (Å²) in [4.78, 5) is 28.5. The molecule has 0 unspecified atom stereocenters. The normalized spacial score (nSPS) is 8.10. The summed E-state index contributed by atoms with van der Waals surface area (Å²) >= 11 is 0. The summed E-state index contributed by atoms with van der Waals surface area (Å²) in [5, 5.41) is 54.4. The molecule has 0 heterocycles. The average Bonchev–Trinajstić information content (AvgIpc) is 2.58. The van der Waals surface area contributed by atoms with E-state index in [1.165, 1.54) is 20.8 Å². The van der Waals surface area contributed by atoms with Crippen LogP contribution in [0.25, 0.3) is 0 Å². The Kier molecular flexibility index (Phi) is 44.5. The molecule has 0 saturated carbocycles. The second-order valence-electron chi connectivity index (χ2n) is 5.53. The van der Waals surface area contributed by atoms with E-state index in [1.54, 1.807) is 0 Å². The summed E-state index contributed by atoms with van der Waals surface area (Å²) < 4.78 is 0. The number of carbonyl (C=O) groups is 3. The molecular weight excluding hydrogens is 381 g/mol. The molecule has 0 aromatic rings. The van der Waals surface area contributed by atoms with E-state index in [9.17, 15) is 29.7 Å². The van der Waals surface area contributed by atoms with Crippen molar-refractivity contribution < 1.29 is 102 Å². The minimum atomic E-state index is -1.19. The molecule has 0 spiro atoms. The van der Waals surface area contributed by atoms with E-state index in [1.807, 2.05) is 6.92 Å². The van der Waals surface area contributed by atoms with Crippen LogP contribution in [-0.2, 0) is 14.4 Å². The van der Waals surface area contributed by atoms with Crippen molar-refractivity contribution in [3.8, 4) is 0 Å². The summed E-state index contributed by atoms with van der Waals surface area (Å²) in [6, 6.07) is 0. The van der Waals surface area contributed by atoms with E-state index >= 15 is 0 Å². The Bertz CT molecular complexity index is 406. The van der Waals surface area contributed by atoms with Crippen LogP contribution in [0.5, 0.6) is 0 Å². The van der Waals surface area contributed by atoms with Gasteiger partial charge in [0.25, 0.3) is 0 Å². The van der Waals surface area contributed by atoms with Crippen molar-refractivity contribution in [2.24, 2.45) is 5.41 Å². The van der Waals surface area contributed by atoms with Gasteiger partial charge in [0.15, 0.2) is 0 Å². The molecule has 12 heteroatoms. The monoisotopic (exact) mass is 410 g/mol. The first-order valence-electron chi connectivity index (χ1n) is 7.61. The summed E-state index contributed by atoms with van der Waals surface area (Å²) in [6.07, 6.45) is 0.594. The van der Waals surface area contributed by atoms with E-state index in [4.69, 9.17) is 15.3 Å². The van der Waals surface area contributed by atoms with Crippen molar-refractivity contribution in [2.45, 2.75) is 34.1 Å². The summed E-state index contributed by atoms with van der Waals surface area (Å²) in [5.41, 5.74) is -0.472. The third-order valence-corrected chi connectivity index (χ3v) is 2.80. The van der Waals surface area contributed by atoms with Crippen LogP contribution in [0.15, 0.2) is 36.5 Å². The molecule has 0 amide bonds. The molecule has 0 saturated heterocycles. The van der Waals surface area contributed by atoms with Crippen LogP contribution in [0.3, 0.4) is 0 Å². The fourth-order valence-corrected chi connectivity index (χ4v) is 0.485. The standard InChI is InChI=1S/C6H14O3.3C4H6O2.3Li/c1-2-6(3-7,4-8)5-9;3*1-3(2)4(5)6;;;/h7-9H,2-5H2,1H3;3*1H2,2H3,(H,5,6);;;/q;;;;3*+1/p-3. The van der Waals surface area contributed by atoms with Crippen molar-refractivity contribution in [2.75, 3.05) is 19.8 Å². The number of carboxylic acid groups (broad SMARTS) is 3. The van der Waals surface area contributed by atoms with Gasteiger partial charge in [0.1, 0.15) is 0 Å². The first-order valence-corrected chi connectivity index (χ1v) is 7.61. The van der Waals surface area contributed by atoms with Gasteiger partial charge in [0.05, 0.1) is 37.7 Å². The van der Waals surface area contributed by atoms with Gasteiger partial charge < -0.3 is 45.0 Å². The van der Waals surface area contributed by atoms with E-state index in [0.29, 0.717) is 6.42 Å². The molecular formula is C18H29Li3O9. The van der Waals surface area contributed by atoms with Gasteiger partial charge in [-0.05, 0) is 43.9 Å². The van der Waals surface area contributed by atoms with Crippen molar-refractivity contribution in [1.29, 1.82) is 0 Å². The molecule has 0 aromatic carbocycles. The summed E-state index contributed by atoms with van der Waals surface area (Å²) in [5.74, 6) is -3.56. The molecule has 0 aliphatic rings. The number of carbonyl (C=O) groups excluding carboxylic acids is 3. The number of carboxylic acids is 3. The number of aliphatic carboxylic acids is 3. The van der Waals surface area contributed by atoms with Gasteiger partial charge in [-0.3, -0.25) is 0 Å². The fourth-order valence-electron chi connectivity index (χ4n) is 0.485. The zero-order valence-electron chi connectivity index (χ0n) is 19.2. The second kappa shape index (κ2) is 28.3. The van der Waals surface area contributed by atoms with Gasteiger partial charge in [-0.25, -0.2) is 0 Å². The predicted molar refractivity (Wildman–Crippen MR) is 93.4 cm³/mol. The number of hydrogen-bond acceptors (Lipinski definition) is 9. The third kappa shape index (κ3) is 34.8. The van der Waals surface area contributed by atoms with Gasteiger partial charge in [-0.1, -0.05) is 26.7 Å². The van der Waals surface area contributed by atoms with E-state index < -0.39 is 23.3 Å². The Hall–Kier alpha value is -0.698. The average molecular weight is 410 g/mol. The quantitative estimate of drug-likeness (QED) is 0.271. The Balaban J connectivity index is -0.0000000463. The van der Waals surface area contributed by atoms with Crippen LogP contribution in [0, 0.1) is 5.41 Å². The summed E-state index contributed by atoms with van der Waals surface area (Å²) in [7, 11) is 0. The van der Waals surface area contributed by atoms with Gasteiger partial charge >= 0.3 is 56.6 Å². The molecule has 0 aliphatic carbocycles. The number of rotatable bonds is 7. The SMILES string of the molecule is C=C(C)C(=O)[O-].C=C(C)C(=O)[O-].C=C(C)C(=O)[O-].CCC(CO)(CO)CO.[Li+].[Li+].[Li+]. The molecule has 0 radical (unpaired) electrons. The first kappa shape index (κ1) is 47.2. The largest absolute Gasteiger partial charge is 1.00 e. The molecule has 0 atom stereocenters. The van der Waals surface area contributed by atoms with Gasteiger partial charge in [0, 0.05) is 5.41 Å².